The maximum absolute atomic E-state index is 13.4. The lowest BCUT2D eigenvalue weighted by Crippen LogP contribution is -2.40. The van der Waals surface area contributed by atoms with Crippen molar-refractivity contribution in [1.29, 1.82) is 0 Å². The molecule has 0 heterocycles. The summed E-state index contributed by atoms with van der Waals surface area (Å²) in [6.07, 6.45) is 5.96. The molecule has 0 radical (unpaired) electrons. The minimum absolute atomic E-state index is 0.147. The lowest BCUT2D eigenvalue weighted by Gasteiger charge is -2.35. The number of carbonyl (C=O) groups is 1. The molecule has 0 unspecified atom stereocenters. The fourth-order valence-corrected chi connectivity index (χ4v) is 3.90. The monoisotopic (exact) mass is 405 g/mol. The van der Waals surface area contributed by atoms with Crippen LogP contribution in [0, 0.1) is 11.2 Å². The second-order valence-corrected chi connectivity index (χ2v) is 6.83. The van der Waals surface area contributed by atoms with E-state index in [1.807, 2.05) is 0 Å². The normalized spacial score (nSPS) is 17.8. The molecular weight excluding hydrogens is 389 g/mol. The van der Waals surface area contributed by atoms with E-state index in [0.29, 0.717) is 12.1 Å². The van der Waals surface area contributed by atoms with Gasteiger partial charge in [-0.3, -0.25) is 4.79 Å². The van der Waals surface area contributed by atoms with Crippen molar-refractivity contribution >= 4 is 37.8 Å². The number of hydrogen-bond donors (Lipinski definition) is 1. The fourth-order valence-electron chi connectivity index (χ4n) is 2.70. The molecule has 20 heavy (non-hydrogen) atoms. The summed E-state index contributed by atoms with van der Waals surface area (Å²) in [5, 5.41) is 3.86. The lowest BCUT2D eigenvalue weighted by atomic mass is 9.75. The Morgan fingerprint density at radius 1 is 1.30 bits per heavy atom. The summed E-state index contributed by atoms with van der Waals surface area (Å²) in [6, 6.07) is 4.52. The molecule has 1 N–H and O–H groups in total. The summed E-state index contributed by atoms with van der Waals surface area (Å²) in [7, 11) is 0. The number of amides is 1. The third-order valence-corrected chi connectivity index (χ3v) is 6.01. The Hall–Kier alpha value is -0.420. The van der Waals surface area contributed by atoms with Crippen molar-refractivity contribution in [3.63, 3.8) is 0 Å². The number of benzene rings is 1. The van der Waals surface area contributed by atoms with Gasteiger partial charge in [-0.15, -0.1) is 0 Å². The van der Waals surface area contributed by atoms with E-state index in [-0.39, 0.29) is 15.8 Å². The Labute approximate surface area is 135 Å². The summed E-state index contributed by atoms with van der Waals surface area (Å²) in [5.74, 6) is -0.632. The van der Waals surface area contributed by atoms with Crippen LogP contribution in [0.25, 0.3) is 0 Å². The smallest absolute Gasteiger partial charge is 0.252 e. The number of carbonyl (C=O) groups excluding carboxylic acids is 1. The first kappa shape index (κ1) is 16.0. The third-order valence-electron chi connectivity index (χ3n) is 4.02. The molecule has 1 aromatic carbocycles. The Kier molecular flexibility index (Phi) is 5.61. The second kappa shape index (κ2) is 7.03. The van der Waals surface area contributed by atoms with Crippen molar-refractivity contribution in [1.82, 2.24) is 5.32 Å². The summed E-state index contributed by atoms with van der Waals surface area (Å²) in [6.45, 7) is 0.639. The SMILES string of the molecule is O=C(NCC1(CBr)CCCCC1)c1cccc(F)c1Br. The Balaban J connectivity index is 2.02. The first-order chi connectivity index (χ1) is 9.58. The molecule has 1 amide bonds. The molecule has 2 nitrogen and oxygen atoms in total. The van der Waals surface area contributed by atoms with Crippen molar-refractivity contribution in [2.24, 2.45) is 5.41 Å². The predicted octanol–water partition coefficient (Wildman–Crippen LogP) is 4.66. The molecule has 110 valence electrons. The summed E-state index contributed by atoms with van der Waals surface area (Å²) in [4.78, 5) is 12.2. The number of halogens is 3. The highest BCUT2D eigenvalue weighted by Gasteiger charge is 2.31. The first-order valence-electron chi connectivity index (χ1n) is 6.86. The molecule has 0 spiro atoms. The molecule has 1 fully saturated rings. The second-order valence-electron chi connectivity index (χ2n) is 5.48. The van der Waals surface area contributed by atoms with Gasteiger partial charge in [0.1, 0.15) is 5.82 Å². The van der Waals surface area contributed by atoms with Gasteiger partial charge >= 0.3 is 0 Å². The van der Waals surface area contributed by atoms with Crippen molar-refractivity contribution < 1.29 is 9.18 Å². The zero-order valence-electron chi connectivity index (χ0n) is 11.2. The molecule has 0 bridgehead atoms. The van der Waals surface area contributed by atoms with E-state index in [0.717, 1.165) is 18.2 Å². The van der Waals surface area contributed by atoms with Crippen LogP contribution in [0.15, 0.2) is 22.7 Å². The highest BCUT2D eigenvalue weighted by Crippen LogP contribution is 2.37. The van der Waals surface area contributed by atoms with E-state index in [9.17, 15) is 9.18 Å². The molecule has 0 aliphatic heterocycles. The van der Waals surface area contributed by atoms with Crippen LogP contribution >= 0.6 is 31.9 Å². The average molecular weight is 407 g/mol. The highest BCUT2D eigenvalue weighted by atomic mass is 79.9. The van der Waals surface area contributed by atoms with Crippen molar-refractivity contribution in [2.45, 2.75) is 32.1 Å². The zero-order valence-corrected chi connectivity index (χ0v) is 14.4. The molecule has 1 aromatic rings. The molecule has 1 aliphatic carbocycles. The van der Waals surface area contributed by atoms with Crippen LogP contribution in [-0.4, -0.2) is 17.8 Å². The summed E-state index contributed by atoms with van der Waals surface area (Å²) in [5.41, 5.74) is 0.499. The van der Waals surface area contributed by atoms with Crippen molar-refractivity contribution in [3.05, 3.63) is 34.1 Å². The van der Waals surface area contributed by atoms with Gasteiger partial charge in [0.25, 0.3) is 5.91 Å². The lowest BCUT2D eigenvalue weighted by molar-refractivity contribution is 0.0920. The highest BCUT2D eigenvalue weighted by molar-refractivity contribution is 9.10. The fraction of sp³-hybridized carbons (Fsp3) is 0.533. The van der Waals surface area contributed by atoms with Gasteiger partial charge in [0.05, 0.1) is 10.0 Å². The van der Waals surface area contributed by atoms with Crippen molar-refractivity contribution in [2.75, 3.05) is 11.9 Å². The van der Waals surface area contributed by atoms with Crippen LogP contribution in [0.5, 0.6) is 0 Å². The average Bonchev–Trinajstić information content (AvgIpc) is 2.48. The quantitative estimate of drug-likeness (QED) is 0.723. The zero-order chi connectivity index (χ0) is 14.6. The third kappa shape index (κ3) is 3.61. The van der Waals surface area contributed by atoms with Crippen LogP contribution in [-0.2, 0) is 0 Å². The van der Waals surface area contributed by atoms with E-state index in [1.165, 1.54) is 25.3 Å². The number of hydrogen-bond acceptors (Lipinski definition) is 1. The van der Waals surface area contributed by atoms with Gasteiger partial charge in [-0.1, -0.05) is 41.3 Å². The molecule has 0 atom stereocenters. The Morgan fingerprint density at radius 3 is 2.65 bits per heavy atom. The van der Waals surface area contributed by atoms with Gasteiger partial charge < -0.3 is 5.32 Å². The van der Waals surface area contributed by atoms with Crippen molar-refractivity contribution in [3.8, 4) is 0 Å². The van der Waals surface area contributed by atoms with Gasteiger partial charge in [0.15, 0.2) is 0 Å². The topological polar surface area (TPSA) is 29.1 Å². The Morgan fingerprint density at radius 2 is 2.00 bits per heavy atom. The maximum Gasteiger partial charge on any atom is 0.252 e. The summed E-state index contributed by atoms with van der Waals surface area (Å²) < 4.78 is 13.7. The van der Waals surface area contributed by atoms with Gasteiger partial charge in [0, 0.05) is 11.9 Å². The first-order valence-corrected chi connectivity index (χ1v) is 8.78. The molecule has 0 saturated heterocycles. The molecule has 1 saturated carbocycles. The molecule has 0 aromatic heterocycles. The van der Waals surface area contributed by atoms with Gasteiger partial charge in [-0.05, 0) is 46.3 Å². The van der Waals surface area contributed by atoms with E-state index in [4.69, 9.17) is 0 Å². The summed E-state index contributed by atoms with van der Waals surface area (Å²) >= 11 is 6.71. The van der Waals surface area contributed by atoms with E-state index >= 15 is 0 Å². The molecule has 5 heteroatoms. The van der Waals surface area contributed by atoms with Gasteiger partial charge in [-0.2, -0.15) is 0 Å². The van der Waals surface area contributed by atoms with Gasteiger partial charge in [-0.25, -0.2) is 4.39 Å². The maximum atomic E-state index is 13.4. The van der Waals surface area contributed by atoms with Crippen LogP contribution in [0.2, 0.25) is 0 Å². The van der Waals surface area contributed by atoms with E-state index < -0.39 is 5.82 Å². The minimum atomic E-state index is -0.412. The predicted molar refractivity (Wildman–Crippen MR) is 85.7 cm³/mol. The molecular formula is C15H18Br2FNO. The minimum Gasteiger partial charge on any atom is -0.351 e. The molecule has 2 rings (SSSR count). The van der Waals surface area contributed by atoms with Crippen LogP contribution in [0.4, 0.5) is 4.39 Å². The van der Waals surface area contributed by atoms with Crippen LogP contribution < -0.4 is 5.32 Å². The number of alkyl halides is 1. The largest absolute Gasteiger partial charge is 0.351 e. The van der Waals surface area contributed by atoms with Crippen LogP contribution in [0.1, 0.15) is 42.5 Å². The number of nitrogens with one attached hydrogen (secondary N) is 1. The van der Waals surface area contributed by atoms with Gasteiger partial charge in [0.2, 0.25) is 0 Å². The van der Waals surface area contributed by atoms with E-state index in [1.54, 1.807) is 12.1 Å². The standard InChI is InChI=1S/C15H18Br2FNO/c16-9-15(7-2-1-3-8-15)10-19-14(20)11-5-4-6-12(18)13(11)17/h4-6H,1-3,7-10H2,(H,19,20). The number of rotatable bonds is 4. The Bertz CT molecular complexity index is 487. The van der Waals surface area contributed by atoms with Crippen LogP contribution in [0.3, 0.4) is 0 Å². The molecule has 1 aliphatic rings. The van der Waals surface area contributed by atoms with E-state index in [2.05, 4.69) is 37.2 Å².